The lowest BCUT2D eigenvalue weighted by Crippen LogP contribution is -2.05. The Morgan fingerprint density at radius 2 is 1.68 bits per heavy atom. The number of aromatic nitrogens is 2. The van der Waals surface area contributed by atoms with E-state index in [0.717, 1.165) is 11.9 Å². The number of hydrogen-bond donors (Lipinski definition) is 2. The molecule has 3 aromatic rings. The van der Waals surface area contributed by atoms with Crippen LogP contribution in [0.2, 0.25) is 0 Å². The van der Waals surface area contributed by atoms with Gasteiger partial charge in [-0.2, -0.15) is 0 Å². The number of nitrogens with zero attached hydrogens (tertiary/aromatic N) is 2. The summed E-state index contributed by atoms with van der Waals surface area (Å²) >= 11 is 0. The Labute approximate surface area is 145 Å². The molecule has 2 aromatic carbocycles. The van der Waals surface area contributed by atoms with Crippen LogP contribution in [0.4, 0.5) is 17.2 Å². The van der Waals surface area contributed by atoms with E-state index < -0.39 is 9.84 Å². The van der Waals surface area contributed by atoms with Crippen LogP contribution in [-0.4, -0.2) is 30.5 Å². The molecule has 1 amide bonds. The topological polar surface area (TPSA) is 101 Å². The number of nitrogens with one attached hydrogen (secondary N) is 2. The first-order valence-corrected chi connectivity index (χ1v) is 9.31. The molecule has 0 bridgehead atoms. The largest absolute Gasteiger partial charge is 0.340 e. The van der Waals surface area contributed by atoms with Crippen molar-refractivity contribution in [3.8, 4) is 0 Å². The molecule has 7 nitrogen and oxygen atoms in total. The van der Waals surface area contributed by atoms with Gasteiger partial charge in [-0.15, -0.1) is 0 Å². The fourth-order valence-electron chi connectivity index (χ4n) is 2.34. The van der Waals surface area contributed by atoms with Crippen LogP contribution in [0.3, 0.4) is 0 Å². The van der Waals surface area contributed by atoms with Crippen molar-refractivity contribution in [1.29, 1.82) is 0 Å². The molecule has 128 valence electrons. The highest BCUT2D eigenvalue weighted by atomic mass is 32.2. The van der Waals surface area contributed by atoms with Crippen LogP contribution in [-0.2, 0) is 14.6 Å². The van der Waals surface area contributed by atoms with Crippen LogP contribution in [0.25, 0.3) is 10.9 Å². The molecule has 1 aromatic heterocycles. The quantitative estimate of drug-likeness (QED) is 0.745. The summed E-state index contributed by atoms with van der Waals surface area (Å²) in [5.41, 5.74) is 2.07. The normalized spacial score (nSPS) is 11.3. The highest BCUT2D eigenvalue weighted by Gasteiger charge is 2.11. The van der Waals surface area contributed by atoms with Crippen molar-refractivity contribution in [2.45, 2.75) is 11.8 Å². The molecule has 2 N–H and O–H groups in total. The molecule has 0 unspecified atom stereocenters. The summed E-state index contributed by atoms with van der Waals surface area (Å²) in [5, 5.41) is 6.45. The van der Waals surface area contributed by atoms with Crippen molar-refractivity contribution in [3.63, 3.8) is 0 Å². The number of fused-ring (bicyclic) bond motifs is 1. The fourth-order valence-corrected chi connectivity index (χ4v) is 2.99. The second kappa shape index (κ2) is 6.48. The van der Waals surface area contributed by atoms with Gasteiger partial charge < -0.3 is 10.6 Å². The lowest BCUT2D eigenvalue weighted by Gasteiger charge is -2.10. The van der Waals surface area contributed by atoms with Gasteiger partial charge in [0.2, 0.25) is 5.91 Å². The third-order valence-electron chi connectivity index (χ3n) is 3.50. The van der Waals surface area contributed by atoms with Crippen LogP contribution in [0.1, 0.15) is 6.92 Å². The third-order valence-corrected chi connectivity index (χ3v) is 4.61. The highest BCUT2D eigenvalue weighted by Crippen LogP contribution is 2.26. The van der Waals surface area contributed by atoms with E-state index in [1.54, 1.807) is 36.4 Å². The molecule has 0 saturated carbocycles. The maximum Gasteiger partial charge on any atom is 0.221 e. The van der Waals surface area contributed by atoms with Crippen LogP contribution in [0.5, 0.6) is 0 Å². The van der Waals surface area contributed by atoms with Crippen molar-refractivity contribution in [1.82, 2.24) is 9.97 Å². The van der Waals surface area contributed by atoms with E-state index in [0.29, 0.717) is 22.4 Å². The molecule has 1 heterocycles. The summed E-state index contributed by atoms with van der Waals surface area (Å²) in [7, 11) is -3.32. The van der Waals surface area contributed by atoms with E-state index in [-0.39, 0.29) is 10.8 Å². The van der Waals surface area contributed by atoms with Crippen molar-refractivity contribution in [2.75, 3.05) is 16.9 Å². The third kappa shape index (κ3) is 3.92. The van der Waals surface area contributed by atoms with Crippen molar-refractivity contribution < 1.29 is 13.2 Å². The van der Waals surface area contributed by atoms with Gasteiger partial charge >= 0.3 is 0 Å². The van der Waals surface area contributed by atoms with E-state index in [2.05, 4.69) is 20.6 Å². The molecule has 0 fully saturated rings. The number of rotatable bonds is 4. The molecule has 25 heavy (non-hydrogen) atoms. The minimum atomic E-state index is -3.32. The second-order valence-corrected chi connectivity index (χ2v) is 7.57. The van der Waals surface area contributed by atoms with Gasteiger partial charge in [0.15, 0.2) is 9.84 Å². The number of sulfone groups is 1. The first-order valence-electron chi connectivity index (χ1n) is 7.42. The average molecular weight is 356 g/mol. The van der Waals surface area contributed by atoms with Gasteiger partial charge in [-0.25, -0.2) is 18.4 Å². The Morgan fingerprint density at radius 3 is 2.32 bits per heavy atom. The van der Waals surface area contributed by atoms with Crippen LogP contribution >= 0.6 is 0 Å². The Bertz CT molecular complexity index is 1050. The molecule has 0 saturated heterocycles. The Morgan fingerprint density at radius 1 is 1.00 bits per heavy atom. The lowest BCUT2D eigenvalue weighted by atomic mass is 10.2. The van der Waals surface area contributed by atoms with Crippen molar-refractivity contribution >= 4 is 43.8 Å². The average Bonchev–Trinajstić information content (AvgIpc) is 2.55. The highest BCUT2D eigenvalue weighted by molar-refractivity contribution is 7.90. The van der Waals surface area contributed by atoms with Crippen LogP contribution in [0.15, 0.2) is 53.7 Å². The summed E-state index contributed by atoms with van der Waals surface area (Å²) in [5.74, 6) is 0.360. The molecule has 0 spiro atoms. The van der Waals surface area contributed by atoms with Crippen molar-refractivity contribution in [2.24, 2.45) is 0 Å². The van der Waals surface area contributed by atoms with Gasteiger partial charge in [0, 0.05) is 29.9 Å². The number of carbonyl (C=O) groups excluding carboxylic acids is 1. The monoisotopic (exact) mass is 356 g/mol. The molecule has 3 rings (SSSR count). The number of anilines is 3. The molecular formula is C17H16N4O3S. The first-order chi connectivity index (χ1) is 11.8. The van der Waals surface area contributed by atoms with E-state index >= 15 is 0 Å². The molecular weight excluding hydrogens is 340 g/mol. The second-order valence-electron chi connectivity index (χ2n) is 5.56. The zero-order valence-electron chi connectivity index (χ0n) is 13.6. The molecule has 0 atom stereocenters. The fraction of sp³-hybridized carbons (Fsp3) is 0.118. The van der Waals surface area contributed by atoms with Gasteiger partial charge in [-0.3, -0.25) is 4.79 Å². The Hall–Kier alpha value is -3.00. The van der Waals surface area contributed by atoms with Gasteiger partial charge in [-0.1, -0.05) is 0 Å². The van der Waals surface area contributed by atoms with E-state index in [1.165, 1.54) is 19.3 Å². The minimum absolute atomic E-state index is 0.143. The zero-order valence-corrected chi connectivity index (χ0v) is 14.5. The van der Waals surface area contributed by atoms with E-state index in [9.17, 15) is 13.2 Å². The maximum atomic E-state index is 11.8. The Kier molecular flexibility index (Phi) is 4.37. The number of benzene rings is 2. The molecule has 0 radical (unpaired) electrons. The molecule has 0 aliphatic heterocycles. The summed E-state index contributed by atoms with van der Waals surface area (Å²) in [6.07, 6.45) is 2.57. The van der Waals surface area contributed by atoms with E-state index in [4.69, 9.17) is 0 Å². The Balaban J connectivity index is 1.96. The molecule has 0 aliphatic carbocycles. The van der Waals surface area contributed by atoms with Gasteiger partial charge in [-0.05, 0) is 42.5 Å². The smallest absolute Gasteiger partial charge is 0.221 e. The molecule has 8 heteroatoms. The predicted octanol–water partition coefficient (Wildman–Crippen LogP) is 2.74. The van der Waals surface area contributed by atoms with Gasteiger partial charge in [0.1, 0.15) is 12.1 Å². The summed E-state index contributed by atoms with van der Waals surface area (Å²) < 4.78 is 23.6. The first kappa shape index (κ1) is 16.8. The zero-order chi connectivity index (χ0) is 18.0. The lowest BCUT2D eigenvalue weighted by molar-refractivity contribution is -0.114. The number of hydrogen-bond acceptors (Lipinski definition) is 6. The minimum Gasteiger partial charge on any atom is -0.340 e. The van der Waals surface area contributed by atoms with Crippen molar-refractivity contribution in [3.05, 3.63) is 48.8 Å². The standard InChI is InChI=1S/C17H16N4O3S/c1-11(22)20-12-3-5-13(6-4-12)21-17-15-9-14(25(2,23)24)7-8-16(15)18-10-19-17/h3-10H,1-2H3,(H,20,22)(H,18,19,21). The summed E-state index contributed by atoms with van der Waals surface area (Å²) in [6, 6.07) is 11.8. The SMILES string of the molecule is CC(=O)Nc1ccc(Nc2ncnc3ccc(S(C)(=O)=O)cc23)cc1. The number of carbonyl (C=O) groups is 1. The summed E-state index contributed by atoms with van der Waals surface area (Å²) in [4.78, 5) is 19.6. The maximum absolute atomic E-state index is 11.8. The van der Waals surface area contributed by atoms with E-state index in [1.807, 2.05) is 0 Å². The molecule has 0 aliphatic rings. The van der Waals surface area contributed by atoms with Crippen LogP contribution < -0.4 is 10.6 Å². The summed E-state index contributed by atoms with van der Waals surface area (Å²) in [6.45, 7) is 1.44. The predicted molar refractivity (Wildman–Crippen MR) is 96.7 cm³/mol. The van der Waals surface area contributed by atoms with Crippen LogP contribution in [0, 0.1) is 0 Å². The number of amides is 1. The van der Waals surface area contributed by atoms with Gasteiger partial charge in [0.05, 0.1) is 10.4 Å². The van der Waals surface area contributed by atoms with Gasteiger partial charge in [0.25, 0.3) is 0 Å².